The Hall–Kier alpha value is -3.75. The zero-order valence-electron chi connectivity index (χ0n) is 20.5. The number of ether oxygens (including phenoxy) is 2. The van der Waals surface area contributed by atoms with Gasteiger partial charge in [-0.1, -0.05) is 6.07 Å². The number of rotatable bonds is 6. The molecular formula is C27H30FN5O3. The van der Waals surface area contributed by atoms with Gasteiger partial charge in [0.05, 0.1) is 13.3 Å². The van der Waals surface area contributed by atoms with Gasteiger partial charge in [0.15, 0.2) is 11.5 Å². The van der Waals surface area contributed by atoms with Crippen molar-refractivity contribution in [2.24, 2.45) is 0 Å². The number of methoxy groups -OCH3 is 1. The average molecular weight is 492 g/mol. The Labute approximate surface area is 209 Å². The number of pyridine rings is 1. The third kappa shape index (κ3) is 5.40. The lowest BCUT2D eigenvalue weighted by Gasteiger charge is -2.33. The maximum Gasteiger partial charge on any atom is 0.272 e. The molecule has 8 nitrogen and oxygen atoms in total. The summed E-state index contributed by atoms with van der Waals surface area (Å²) in [5.74, 6) is 1.64. The Balaban J connectivity index is 1.15. The summed E-state index contributed by atoms with van der Waals surface area (Å²) in [6.07, 6.45) is 5.69. The smallest absolute Gasteiger partial charge is 0.272 e. The summed E-state index contributed by atoms with van der Waals surface area (Å²) in [6, 6.07) is 10.3. The van der Waals surface area contributed by atoms with E-state index in [4.69, 9.17) is 9.47 Å². The van der Waals surface area contributed by atoms with Gasteiger partial charge in [0.25, 0.3) is 5.91 Å². The summed E-state index contributed by atoms with van der Waals surface area (Å²) in [5, 5.41) is 11.7. The van der Waals surface area contributed by atoms with Gasteiger partial charge in [0.1, 0.15) is 17.7 Å². The van der Waals surface area contributed by atoms with Crippen LogP contribution in [-0.2, 0) is 12.8 Å². The summed E-state index contributed by atoms with van der Waals surface area (Å²) in [4.78, 5) is 19.2. The molecule has 1 fully saturated rings. The second-order valence-electron chi connectivity index (χ2n) is 9.40. The van der Waals surface area contributed by atoms with Crippen LogP contribution in [0.5, 0.6) is 11.6 Å². The minimum Gasteiger partial charge on any atom is -0.489 e. The first kappa shape index (κ1) is 24.0. The number of benzene rings is 1. The van der Waals surface area contributed by atoms with Crippen molar-refractivity contribution in [1.82, 2.24) is 20.5 Å². The zero-order chi connectivity index (χ0) is 25.1. The van der Waals surface area contributed by atoms with Crippen LogP contribution in [0, 0.1) is 12.7 Å². The largest absolute Gasteiger partial charge is 0.489 e. The molecule has 5 rings (SSSR count). The molecule has 2 aliphatic rings. The lowest BCUT2D eigenvalue weighted by molar-refractivity contribution is 0.0927. The van der Waals surface area contributed by atoms with Gasteiger partial charge in [-0.2, -0.15) is 0 Å². The summed E-state index contributed by atoms with van der Waals surface area (Å²) < 4.78 is 24.6. The minimum absolute atomic E-state index is 0.00262. The van der Waals surface area contributed by atoms with Gasteiger partial charge in [-0.3, -0.25) is 4.79 Å². The van der Waals surface area contributed by atoms with Gasteiger partial charge in [-0.25, -0.2) is 9.37 Å². The Bertz CT molecular complexity index is 1230. The Morgan fingerprint density at radius 1 is 1.08 bits per heavy atom. The van der Waals surface area contributed by atoms with Gasteiger partial charge < -0.3 is 19.7 Å². The standard InChI is InChI=1S/C27H30FN5O3/c1-17-13-24(27(34)30-21-6-4-18-14-20(28)5-3-19(18)15-21)31-32-26(17)33-11-9-22(10-12-33)36-23-7-8-25(35-2)29-16-23/h3,5,7-8,13-14,16,21-22H,4,6,9-12,15H2,1-2H3,(H,30,34)/t21-/m1/s1. The number of carbonyl (C=O) groups excluding carboxylic acids is 1. The third-order valence-electron chi connectivity index (χ3n) is 6.89. The number of carbonyl (C=O) groups is 1. The zero-order valence-corrected chi connectivity index (χ0v) is 20.5. The Morgan fingerprint density at radius 2 is 1.92 bits per heavy atom. The van der Waals surface area contributed by atoms with Crippen LogP contribution < -0.4 is 19.7 Å². The van der Waals surface area contributed by atoms with Crippen LogP contribution in [0.3, 0.4) is 0 Å². The molecule has 1 saturated heterocycles. The van der Waals surface area contributed by atoms with Gasteiger partial charge >= 0.3 is 0 Å². The van der Waals surface area contributed by atoms with Crippen LogP contribution >= 0.6 is 0 Å². The van der Waals surface area contributed by atoms with Crippen LogP contribution in [0.25, 0.3) is 0 Å². The molecule has 1 N–H and O–H groups in total. The van der Waals surface area contributed by atoms with E-state index in [1.54, 1.807) is 31.5 Å². The maximum absolute atomic E-state index is 13.5. The second-order valence-corrected chi connectivity index (χ2v) is 9.40. The number of amides is 1. The quantitative estimate of drug-likeness (QED) is 0.563. The van der Waals surface area contributed by atoms with E-state index in [0.29, 0.717) is 18.0 Å². The van der Waals surface area contributed by atoms with Crippen molar-refractivity contribution in [3.05, 3.63) is 70.8 Å². The molecule has 1 aliphatic heterocycles. The first-order valence-corrected chi connectivity index (χ1v) is 12.3. The number of hydrogen-bond donors (Lipinski definition) is 1. The number of nitrogens with one attached hydrogen (secondary N) is 1. The molecule has 2 aromatic heterocycles. The van der Waals surface area contributed by atoms with Gasteiger partial charge in [0.2, 0.25) is 5.88 Å². The predicted molar refractivity (Wildman–Crippen MR) is 133 cm³/mol. The molecule has 0 saturated carbocycles. The third-order valence-corrected chi connectivity index (χ3v) is 6.89. The van der Waals surface area contributed by atoms with Crippen molar-refractivity contribution in [3.63, 3.8) is 0 Å². The van der Waals surface area contributed by atoms with Crippen molar-refractivity contribution < 1.29 is 18.7 Å². The summed E-state index contributed by atoms with van der Waals surface area (Å²) >= 11 is 0. The van der Waals surface area contributed by atoms with E-state index in [1.165, 1.54) is 6.07 Å². The fourth-order valence-electron chi connectivity index (χ4n) is 4.94. The fourth-order valence-corrected chi connectivity index (χ4v) is 4.94. The molecule has 1 amide bonds. The summed E-state index contributed by atoms with van der Waals surface area (Å²) in [7, 11) is 1.59. The van der Waals surface area contributed by atoms with Crippen molar-refractivity contribution >= 4 is 11.7 Å². The number of aromatic nitrogens is 3. The van der Waals surface area contributed by atoms with Gasteiger partial charge in [-0.15, -0.1) is 10.2 Å². The van der Waals surface area contributed by atoms with Crippen LogP contribution in [0.15, 0.2) is 42.6 Å². The molecule has 0 spiro atoms. The van der Waals surface area contributed by atoms with E-state index in [2.05, 4.69) is 25.4 Å². The molecule has 1 atom stereocenters. The summed E-state index contributed by atoms with van der Waals surface area (Å²) in [5.41, 5.74) is 3.33. The lowest BCUT2D eigenvalue weighted by atomic mass is 9.88. The first-order valence-electron chi connectivity index (χ1n) is 12.3. The van der Waals surface area contributed by atoms with E-state index >= 15 is 0 Å². The molecule has 0 radical (unpaired) electrons. The van der Waals surface area contributed by atoms with E-state index in [9.17, 15) is 9.18 Å². The SMILES string of the molecule is COc1ccc(OC2CCN(c3nnc(C(=O)N[C@@H]4CCc5cc(F)ccc5C4)cc3C)CC2)cn1. The highest BCUT2D eigenvalue weighted by Gasteiger charge is 2.25. The van der Waals surface area contributed by atoms with Crippen molar-refractivity contribution in [2.75, 3.05) is 25.1 Å². The number of anilines is 1. The highest BCUT2D eigenvalue weighted by atomic mass is 19.1. The number of fused-ring (bicyclic) bond motifs is 1. The number of hydrogen-bond acceptors (Lipinski definition) is 7. The maximum atomic E-state index is 13.5. The van der Waals surface area contributed by atoms with Crippen LogP contribution in [-0.4, -0.2) is 53.4 Å². The number of piperidine rings is 1. The van der Waals surface area contributed by atoms with Gasteiger partial charge in [0, 0.05) is 38.0 Å². The number of halogens is 1. The number of aryl methyl sites for hydroxylation is 2. The van der Waals surface area contributed by atoms with Crippen LogP contribution in [0.2, 0.25) is 0 Å². The molecule has 36 heavy (non-hydrogen) atoms. The topological polar surface area (TPSA) is 89.5 Å². The average Bonchev–Trinajstić information content (AvgIpc) is 2.90. The predicted octanol–water partition coefficient (Wildman–Crippen LogP) is 3.66. The molecule has 9 heteroatoms. The van der Waals surface area contributed by atoms with Crippen molar-refractivity contribution in [1.29, 1.82) is 0 Å². The summed E-state index contributed by atoms with van der Waals surface area (Å²) in [6.45, 7) is 3.53. The molecule has 3 heterocycles. The Kier molecular flexibility index (Phi) is 6.97. The molecule has 1 aliphatic carbocycles. The monoisotopic (exact) mass is 491 g/mol. The van der Waals surface area contributed by atoms with Crippen molar-refractivity contribution in [2.45, 2.75) is 51.2 Å². The first-order chi connectivity index (χ1) is 17.5. The molecule has 0 unspecified atom stereocenters. The Morgan fingerprint density at radius 3 is 2.64 bits per heavy atom. The minimum atomic E-state index is -0.229. The molecule has 188 valence electrons. The van der Waals surface area contributed by atoms with E-state index < -0.39 is 0 Å². The van der Waals surface area contributed by atoms with Crippen LogP contribution in [0.1, 0.15) is 46.4 Å². The molecule has 3 aromatic rings. The normalized spacial score (nSPS) is 17.9. The highest BCUT2D eigenvalue weighted by Crippen LogP contribution is 2.25. The van der Waals surface area contributed by atoms with E-state index in [-0.39, 0.29) is 23.9 Å². The van der Waals surface area contributed by atoms with Gasteiger partial charge in [-0.05, 0) is 67.1 Å². The van der Waals surface area contributed by atoms with Crippen LogP contribution in [0.4, 0.5) is 10.2 Å². The van der Waals surface area contributed by atoms with E-state index in [0.717, 1.165) is 67.0 Å². The lowest BCUT2D eigenvalue weighted by Crippen LogP contribution is -2.40. The van der Waals surface area contributed by atoms with E-state index in [1.807, 2.05) is 19.1 Å². The molecule has 1 aromatic carbocycles. The second kappa shape index (κ2) is 10.5. The fraction of sp³-hybridized carbons (Fsp3) is 0.407. The molecule has 0 bridgehead atoms. The van der Waals surface area contributed by atoms with Crippen molar-refractivity contribution in [3.8, 4) is 11.6 Å². The molecular weight excluding hydrogens is 461 g/mol. The number of nitrogens with zero attached hydrogens (tertiary/aromatic N) is 4. The highest BCUT2D eigenvalue weighted by molar-refractivity contribution is 5.92.